The van der Waals surface area contributed by atoms with Gasteiger partial charge >= 0.3 is 0 Å². The molecule has 2 heterocycles. The highest BCUT2D eigenvalue weighted by Crippen LogP contribution is 2.50. The summed E-state index contributed by atoms with van der Waals surface area (Å²) < 4.78 is 2.51. The molecule has 0 aliphatic carbocycles. The fourth-order valence-electron chi connectivity index (χ4n) is 7.95. The molecule has 2 aromatic heterocycles. The van der Waals surface area contributed by atoms with Crippen LogP contribution in [0, 0.1) is 0 Å². The summed E-state index contributed by atoms with van der Waals surface area (Å²) in [6, 6.07) is 70.9. The van der Waals surface area contributed by atoms with Gasteiger partial charge in [0.2, 0.25) is 0 Å². The molecule has 0 saturated heterocycles. The van der Waals surface area contributed by atoms with Crippen molar-refractivity contribution in [2.75, 3.05) is 0 Å². The standard InChI is InChI=1S/C51H33N3S/c1-4-18-34(19-5-1)37-24-10-12-26-39(37)41-32-33-46-49(44-30-16-17-31-45(44)55-46)48(41)40-27-13-15-29-43(40)51-47(36-22-8-3-9-23-36)50(52-54-53-51)42-28-14-11-25-38(42)35-20-6-2-7-21-35/h1-33H. The molecule has 0 unspecified atom stereocenters. The van der Waals surface area contributed by atoms with Gasteiger partial charge in [-0.05, 0) is 67.4 Å². The Bertz CT molecular complexity index is 2970. The predicted octanol–water partition coefficient (Wildman–Crippen LogP) is 13.9. The molecule has 10 rings (SSSR count). The first-order chi connectivity index (χ1) is 27.3. The van der Waals surface area contributed by atoms with E-state index in [1.807, 2.05) is 17.4 Å². The minimum absolute atomic E-state index is 0.786. The summed E-state index contributed by atoms with van der Waals surface area (Å²) in [7, 11) is 0. The quantitative estimate of drug-likeness (QED) is 0.165. The van der Waals surface area contributed by atoms with E-state index in [1.54, 1.807) is 0 Å². The lowest BCUT2D eigenvalue weighted by molar-refractivity contribution is 0.879. The Morgan fingerprint density at radius 3 is 1.36 bits per heavy atom. The van der Waals surface area contributed by atoms with Gasteiger partial charge in [-0.2, -0.15) is 0 Å². The lowest BCUT2D eigenvalue weighted by Gasteiger charge is -2.20. The van der Waals surface area contributed by atoms with Crippen molar-refractivity contribution in [2.45, 2.75) is 0 Å². The first-order valence-corrected chi connectivity index (χ1v) is 19.3. The molecule has 8 aromatic carbocycles. The van der Waals surface area contributed by atoms with Crippen molar-refractivity contribution in [1.29, 1.82) is 0 Å². The van der Waals surface area contributed by atoms with Crippen LogP contribution >= 0.6 is 11.3 Å². The van der Waals surface area contributed by atoms with Gasteiger partial charge in [0.15, 0.2) is 0 Å². The average molecular weight is 720 g/mol. The average Bonchev–Trinajstić information content (AvgIpc) is 3.66. The molecule has 55 heavy (non-hydrogen) atoms. The van der Waals surface area contributed by atoms with Gasteiger partial charge in [0.25, 0.3) is 0 Å². The Balaban J connectivity index is 1.30. The number of hydrogen-bond donors (Lipinski definition) is 0. The molecule has 0 fully saturated rings. The van der Waals surface area contributed by atoms with E-state index < -0.39 is 0 Å². The Labute approximate surface area is 323 Å². The highest BCUT2D eigenvalue weighted by atomic mass is 32.1. The summed E-state index contributed by atoms with van der Waals surface area (Å²) in [6.07, 6.45) is 0. The van der Waals surface area contributed by atoms with Crippen molar-refractivity contribution in [3.8, 4) is 78.1 Å². The Hall–Kier alpha value is -7.01. The highest BCUT2D eigenvalue weighted by molar-refractivity contribution is 7.26. The van der Waals surface area contributed by atoms with Crippen LogP contribution in [-0.2, 0) is 0 Å². The molecule has 0 saturated carbocycles. The zero-order valence-electron chi connectivity index (χ0n) is 29.8. The Kier molecular flexibility index (Phi) is 8.36. The van der Waals surface area contributed by atoms with E-state index in [4.69, 9.17) is 10.2 Å². The molecule has 0 radical (unpaired) electrons. The molecule has 258 valence electrons. The van der Waals surface area contributed by atoms with Gasteiger partial charge in [-0.1, -0.05) is 188 Å². The molecule has 10 aromatic rings. The van der Waals surface area contributed by atoms with Crippen LogP contribution < -0.4 is 0 Å². The van der Waals surface area contributed by atoms with Crippen LogP contribution in [0.1, 0.15) is 0 Å². The Morgan fingerprint density at radius 2 is 0.745 bits per heavy atom. The second-order valence-corrected chi connectivity index (χ2v) is 14.6. The predicted molar refractivity (Wildman–Crippen MR) is 231 cm³/mol. The number of rotatable bonds is 7. The molecule has 4 heteroatoms. The minimum Gasteiger partial charge on any atom is -0.135 e. The molecule has 0 aliphatic rings. The van der Waals surface area contributed by atoms with Crippen molar-refractivity contribution in [1.82, 2.24) is 15.4 Å². The van der Waals surface area contributed by atoms with Gasteiger partial charge in [-0.15, -0.1) is 21.5 Å². The van der Waals surface area contributed by atoms with Gasteiger partial charge in [0, 0.05) is 36.9 Å². The van der Waals surface area contributed by atoms with Crippen molar-refractivity contribution < 1.29 is 0 Å². The van der Waals surface area contributed by atoms with Crippen LogP contribution in [-0.4, -0.2) is 15.4 Å². The van der Waals surface area contributed by atoms with Gasteiger partial charge < -0.3 is 0 Å². The zero-order valence-corrected chi connectivity index (χ0v) is 30.6. The Morgan fingerprint density at radius 1 is 0.291 bits per heavy atom. The van der Waals surface area contributed by atoms with E-state index >= 15 is 0 Å². The van der Waals surface area contributed by atoms with Crippen LogP contribution in [0.15, 0.2) is 200 Å². The number of nitrogens with zero attached hydrogens (tertiary/aromatic N) is 3. The second kappa shape index (κ2) is 14.1. The SMILES string of the molecule is c1ccc(-c2ccccc2-c2ccc3sc4ccccc4c3c2-c2ccccc2-c2nnnc(-c3ccccc3-c3ccccc3)c2-c2ccccc2)cc1. The molecule has 0 spiro atoms. The number of thiophene rings is 1. The van der Waals surface area contributed by atoms with Crippen molar-refractivity contribution in [2.24, 2.45) is 0 Å². The normalized spacial score (nSPS) is 11.3. The molecule has 0 bridgehead atoms. The van der Waals surface area contributed by atoms with Crippen molar-refractivity contribution in [3.05, 3.63) is 200 Å². The molecule has 0 N–H and O–H groups in total. The summed E-state index contributed by atoms with van der Waals surface area (Å²) in [5.41, 5.74) is 14.7. The first-order valence-electron chi connectivity index (χ1n) is 18.5. The summed E-state index contributed by atoms with van der Waals surface area (Å²) >= 11 is 1.84. The summed E-state index contributed by atoms with van der Waals surface area (Å²) in [4.78, 5) is 0. The fourth-order valence-corrected chi connectivity index (χ4v) is 9.07. The van der Waals surface area contributed by atoms with Crippen LogP contribution in [0.25, 0.3) is 98.3 Å². The maximum absolute atomic E-state index is 4.94. The lowest BCUT2D eigenvalue weighted by Crippen LogP contribution is -2.02. The van der Waals surface area contributed by atoms with E-state index in [0.717, 1.165) is 50.3 Å². The maximum Gasteiger partial charge on any atom is 0.105 e. The maximum atomic E-state index is 4.94. The van der Waals surface area contributed by atoms with E-state index in [-0.39, 0.29) is 0 Å². The number of aromatic nitrogens is 3. The molecule has 0 amide bonds. The van der Waals surface area contributed by atoms with Crippen molar-refractivity contribution >= 4 is 31.5 Å². The third-order valence-corrected chi connectivity index (χ3v) is 11.5. The van der Waals surface area contributed by atoms with E-state index in [2.05, 4.69) is 199 Å². The fraction of sp³-hybridized carbons (Fsp3) is 0. The van der Waals surface area contributed by atoms with Gasteiger partial charge in [-0.25, -0.2) is 0 Å². The van der Waals surface area contributed by atoms with E-state index in [0.29, 0.717) is 0 Å². The van der Waals surface area contributed by atoms with Crippen molar-refractivity contribution in [3.63, 3.8) is 0 Å². The van der Waals surface area contributed by atoms with Crippen LogP contribution in [0.4, 0.5) is 0 Å². The van der Waals surface area contributed by atoms with Crippen LogP contribution in [0.5, 0.6) is 0 Å². The number of hydrogen-bond acceptors (Lipinski definition) is 4. The molecule has 0 aliphatic heterocycles. The van der Waals surface area contributed by atoms with E-state index in [9.17, 15) is 0 Å². The monoisotopic (exact) mass is 719 g/mol. The highest BCUT2D eigenvalue weighted by Gasteiger charge is 2.25. The van der Waals surface area contributed by atoms with Gasteiger partial charge in [0.05, 0.1) is 0 Å². The summed E-state index contributed by atoms with van der Waals surface area (Å²) in [5.74, 6) is 0. The number of fused-ring (bicyclic) bond motifs is 3. The van der Waals surface area contributed by atoms with Crippen LogP contribution in [0.2, 0.25) is 0 Å². The summed E-state index contributed by atoms with van der Waals surface area (Å²) in [5, 5.41) is 16.8. The molecule has 0 atom stereocenters. The van der Waals surface area contributed by atoms with Crippen LogP contribution in [0.3, 0.4) is 0 Å². The zero-order chi connectivity index (χ0) is 36.6. The number of benzene rings is 8. The smallest absolute Gasteiger partial charge is 0.105 e. The summed E-state index contributed by atoms with van der Waals surface area (Å²) in [6.45, 7) is 0. The van der Waals surface area contributed by atoms with E-state index in [1.165, 1.54) is 48.0 Å². The first kappa shape index (κ1) is 32.6. The minimum atomic E-state index is 0.786. The lowest BCUT2D eigenvalue weighted by atomic mass is 9.84. The van der Waals surface area contributed by atoms with Gasteiger partial charge in [0.1, 0.15) is 11.4 Å². The third-order valence-electron chi connectivity index (χ3n) is 10.4. The molecule has 3 nitrogen and oxygen atoms in total. The molecular formula is C51H33N3S. The third kappa shape index (κ3) is 5.81. The second-order valence-electron chi connectivity index (χ2n) is 13.6. The molecular weight excluding hydrogens is 687 g/mol. The largest absolute Gasteiger partial charge is 0.135 e. The van der Waals surface area contributed by atoms with Gasteiger partial charge in [-0.3, -0.25) is 0 Å². The topological polar surface area (TPSA) is 38.7 Å².